The number of para-hydroxylation sites is 1. The number of pyridine rings is 1. The van der Waals surface area contributed by atoms with Crippen LogP contribution in [0, 0.1) is 20.8 Å². The van der Waals surface area contributed by atoms with Gasteiger partial charge in [-0.25, -0.2) is 32.9 Å². The molecule has 1 aromatic carbocycles. The first kappa shape index (κ1) is 21.7. The van der Waals surface area contributed by atoms with Gasteiger partial charge in [-0.05, 0) is 56.5 Å². The summed E-state index contributed by atoms with van der Waals surface area (Å²) >= 11 is 1.33. The van der Waals surface area contributed by atoms with Crippen LogP contribution in [0.15, 0.2) is 42.7 Å². The zero-order chi connectivity index (χ0) is 24.3. The van der Waals surface area contributed by atoms with Crippen LogP contribution in [0.3, 0.4) is 0 Å². The molecule has 0 N–H and O–H groups in total. The van der Waals surface area contributed by atoms with Gasteiger partial charge in [-0.1, -0.05) is 18.2 Å². The minimum absolute atomic E-state index is 0.221. The lowest BCUT2D eigenvalue weighted by atomic mass is 10.1. The molecule has 0 unspecified atom stereocenters. The zero-order valence-corrected chi connectivity index (χ0v) is 20.1. The monoisotopic (exact) mass is 489 g/mol. The van der Waals surface area contributed by atoms with E-state index in [4.69, 9.17) is 10.1 Å². The maximum absolute atomic E-state index is 13.3. The molecule has 0 saturated heterocycles. The number of nitrogens with zero attached hydrogens (tertiary/aromatic N) is 7. The lowest BCUT2D eigenvalue weighted by Crippen LogP contribution is -2.00. The number of thiophene rings is 1. The van der Waals surface area contributed by atoms with E-state index >= 15 is 0 Å². The molecule has 0 aliphatic heterocycles. The van der Waals surface area contributed by atoms with Crippen LogP contribution in [0.4, 0.5) is 8.78 Å². The van der Waals surface area contributed by atoms with Crippen LogP contribution in [-0.4, -0.2) is 34.3 Å². The minimum atomic E-state index is -2.62. The number of aryl methyl sites for hydroxylation is 3. The highest BCUT2D eigenvalue weighted by molar-refractivity contribution is 7.26. The molecule has 35 heavy (non-hydrogen) atoms. The summed E-state index contributed by atoms with van der Waals surface area (Å²) < 4.78 is 30.9. The predicted octanol–water partition coefficient (Wildman–Crippen LogP) is 5.72. The molecular weight excluding hydrogens is 468 g/mol. The summed E-state index contributed by atoms with van der Waals surface area (Å²) in [6.45, 7) is 5.91. The van der Waals surface area contributed by atoms with Crippen molar-refractivity contribution in [1.29, 1.82) is 0 Å². The summed E-state index contributed by atoms with van der Waals surface area (Å²) in [7, 11) is 0. The van der Waals surface area contributed by atoms with E-state index in [0.717, 1.165) is 44.7 Å². The fraction of sp³-hybridized carbons (Fsp3) is 0.240. The molecule has 0 radical (unpaired) electrons. The number of alkyl halides is 2. The molecule has 7 nitrogen and oxygen atoms in total. The Morgan fingerprint density at radius 3 is 2.57 bits per heavy atom. The van der Waals surface area contributed by atoms with Crippen molar-refractivity contribution in [1.82, 2.24) is 34.3 Å². The lowest BCUT2D eigenvalue weighted by Gasteiger charge is -2.04. The van der Waals surface area contributed by atoms with E-state index in [2.05, 4.69) is 22.0 Å². The summed E-state index contributed by atoms with van der Waals surface area (Å²) in [6, 6.07) is 11.5. The van der Waals surface area contributed by atoms with E-state index in [0.29, 0.717) is 22.7 Å². The third kappa shape index (κ3) is 3.56. The van der Waals surface area contributed by atoms with E-state index < -0.39 is 6.43 Å². The molecule has 6 aromatic rings. The third-order valence-corrected chi connectivity index (χ3v) is 7.36. The summed E-state index contributed by atoms with van der Waals surface area (Å²) in [4.78, 5) is 14.1. The maximum Gasteiger partial charge on any atom is 0.280 e. The number of halogens is 2. The summed E-state index contributed by atoms with van der Waals surface area (Å²) in [5.41, 5.74) is 6.19. The largest absolute Gasteiger partial charge is 0.280 e. The van der Waals surface area contributed by atoms with E-state index in [1.165, 1.54) is 23.0 Å². The standard InChI is InChI=1S/C25H21F2N7S/c1-13-11-18(23(26)27)29-25-20(13)21-22(35-25)24-30-19(32-33(24)12-28-21)10-9-17-14(2)31-34(15(17)3)16-7-5-4-6-8-16/h4-8,11-12,23H,9-10H2,1-3H3. The van der Waals surface area contributed by atoms with Crippen molar-refractivity contribution in [2.45, 2.75) is 40.0 Å². The Morgan fingerprint density at radius 2 is 1.80 bits per heavy atom. The molecule has 0 spiro atoms. The summed E-state index contributed by atoms with van der Waals surface area (Å²) in [5, 5.41) is 10.1. The third-order valence-electron chi connectivity index (χ3n) is 6.29. The smallest absolute Gasteiger partial charge is 0.238 e. The second kappa shape index (κ2) is 8.16. The average molecular weight is 490 g/mol. The zero-order valence-electron chi connectivity index (χ0n) is 19.3. The second-order valence-corrected chi connectivity index (χ2v) is 9.56. The van der Waals surface area contributed by atoms with E-state index in [-0.39, 0.29) is 5.69 Å². The second-order valence-electron chi connectivity index (χ2n) is 8.56. The first-order valence-corrected chi connectivity index (χ1v) is 12.0. The van der Waals surface area contributed by atoms with Gasteiger partial charge in [0.2, 0.25) is 0 Å². The van der Waals surface area contributed by atoms with Crippen LogP contribution in [-0.2, 0) is 12.8 Å². The van der Waals surface area contributed by atoms with Gasteiger partial charge in [0.1, 0.15) is 21.6 Å². The predicted molar refractivity (Wildman–Crippen MR) is 132 cm³/mol. The molecule has 5 heterocycles. The first-order chi connectivity index (χ1) is 16.9. The van der Waals surface area contributed by atoms with Crippen molar-refractivity contribution in [3.8, 4) is 5.69 Å². The highest BCUT2D eigenvalue weighted by Gasteiger charge is 2.20. The van der Waals surface area contributed by atoms with Crippen LogP contribution in [0.2, 0.25) is 0 Å². The highest BCUT2D eigenvalue weighted by Crippen LogP contribution is 2.36. The van der Waals surface area contributed by atoms with Crippen molar-refractivity contribution in [3.63, 3.8) is 0 Å². The fourth-order valence-electron chi connectivity index (χ4n) is 4.59. The molecule has 0 saturated carbocycles. The highest BCUT2D eigenvalue weighted by atomic mass is 32.1. The van der Waals surface area contributed by atoms with Crippen LogP contribution in [0.5, 0.6) is 0 Å². The Hall–Kier alpha value is -3.79. The van der Waals surface area contributed by atoms with Gasteiger partial charge in [0.05, 0.1) is 16.9 Å². The molecule has 0 atom stereocenters. The van der Waals surface area contributed by atoms with E-state index in [1.807, 2.05) is 48.9 Å². The van der Waals surface area contributed by atoms with Crippen molar-refractivity contribution < 1.29 is 8.78 Å². The van der Waals surface area contributed by atoms with Gasteiger partial charge in [0.25, 0.3) is 6.43 Å². The minimum Gasteiger partial charge on any atom is -0.238 e. The molecule has 0 aliphatic carbocycles. The molecule has 5 aromatic heterocycles. The number of benzene rings is 1. The van der Waals surface area contributed by atoms with Crippen LogP contribution < -0.4 is 0 Å². The number of hydrogen-bond acceptors (Lipinski definition) is 6. The van der Waals surface area contributed by atoms with Gasteiger partial charge in [-0.3, -0.25) is 0 Å². The van der Waals surface area contributed by atoms with Crippen molar-refractivity contribution in [2.75, 3.05) is 0 Å². The molecule has 10 heteroatoms. The Kier molecular flexibility index (Phi) is 5.06. The molecule has 0 aliphatic rings. The van der Waals surface area contributed by atoms with Crippen molar-refractivity contribution in [2.24, 2.45) is 0 Å². The van der Waals surface area contributed by atoms with Crippen LogP contribution in [0.25, 0.3) is 31.8 Å². The quantitative estimate of drug-likeness (QED) is 0.310. The van der Waals surface area contributed by atoms with Gasteiger partial charge in [0.15, 0.2) is 11.5 Å². The van der Waals surface area contributed by atoms with Crippen LogP contribution in [0.1, 0.15) is 40.5 Å². The normalized spacial score (nSPS) is 12.1. The average Bonchev–Trinajstić information content (AvgIpc) is 3.51. The maximum atomic E-state index is 13.3. The Balaban J connectivity index is 1.36. The van der Waals surface area contributed by atoms with Gasteiger partial charge in [-0.15, -0.1) is 16.4 Å². The van der Waals surface area contributed by atoms with Crippen LogP contribution >= 0.6 is 11.3 Å². The number of hydrogen-bond donors (Lipinski definition) is 0. The fourth-order valence-corrected chi connectivity index (χ4v) is 5.78. The molecule has 0 bridgehead atoms. The topological polar surface area (TPSA) is 73.8 Å². The van der Waals surface area contributed by atoms with Gasteiger partial charge in [-0.2, -0.15) is 5.10 Å². The van der Waals surface area contributed by atoms with Crippen molar-refractivity contribution in [3.05, 3.63) is 76.8 Å². The number of aromatic nitrogens is 7. The summed E-state index contributed by atoms with van der Waals surface area (Å²) in [6.07, 6.45) is 0.408. The van der Waals surface area contributed by atoms with Gasteiger partial charge < -0.3 is 0 Å². The molecular formula is C25H21F2N7S. The Labute approximate surface area is 203 Å². The van der Waals surface area contributed by atoms with Crippen molar-refractivity contribution >= 4 is 37.4 Å². The van der Waals surface area contributed by atoms with Gasteiger partial charge >= 0.3 is 0 Å². The SMILES string of the molecule is Cc1nn(-c2ccccc2)c(C)c1CCc1nc2c3sc4nc(C(F)F)cc(C)c4c3ncn2n1. The molecule has 176 valence electrons. The number of fused-ring (bicyclic) bond motifs is 5. The Bertz CT molecular complexity index is 1720. The Morgan fingerprint density at radius 1 is 1.00 bits per heavy atom. The molecule has 0 fully saturated rings. The summed E-state index contributed by atoms with van der Waals surface area (Å²) in [5.74, 6) is 0.695. The molecule has 6 rings (SSSR count). The number of rotatable bonds is 5. The first-order valence-electron chi connectivity index (χ1n) is 11.2. The molecule has 0 amide bonds. The van der Waals surface area contributed by atoms with E-state index in [1.54, 1.807) is 10.8 Å². The van der Waals surface area contributed by atoms with E-state index in [9.17, 15) is 8.78 Å². The lowest BCUT2D eigenvalue weighted by molar-refractivity contribution is 0.146. The van der Waals surface area contributed by atoms with Gasteiger partial charge in [0, 0.05) is 17.5 Å².